The lowest BCUT2D eigenvalue weighted by Gasteiger charge is -2.18. The van der Waals surface area contributed by atoms with Crippen LogP contribution in [0.1, 0.15) is 18.4 Å². The van der Waals surface area contributed by atoms with Gasteiger partial charge in [0.25, 0.3) is 0 Å². The number of halogens is 1. The maximum Gasteiger partial charge on any atom is 0.326 e. The number of carbonyl (C=O) groups is 4. The third-order valence-electron chi connectivity index (χ3n) is 3.24. The Morgan fingerprint density at radius 2 is 1.52 bits per heavy atom. The molecule has 0 heterocycles. The molecule has 9 nitrogen and oxygen atoms in total. The minimum Gasteiger partial charge on any atom is -0.481 e. The molecule has 0 bridgehead atoms. The zero-order valence-electron chi connectivity index (χ0n) is 12.9. The van der Waals surface area contributed by atoms with Crippen LogP contribution in [0, 0.1) is 3.57 Å². The number of amides is 2. The summed E-state index contributed by atoms with van der Waals surface area (Å²) in [5.74, 6) is -3.87. The molecule has 2 amide bonds. The highest BCUT2D eigenvalue weighted by Gasteiger charge is 2.25. The van der Waals surface area contributed by atoms with E-state index in [9.17, 15) is 24.3 Å². The first-order valence-electron chi connectivity index (χ1n) is 7.18. The molecule has 0 aliphatic carbocycles. The minimum absolute atomic E-state index is 0.0226. The maximum absolute atomic E-state index is 11.9. The maximum atomic E-state index is 11.9. The van der Waals surface area contributed by atoms with Crippen molar-refractivity contribution in [2.75, 3.05) is 0 Å². The first kappa shape index (κ1) is 20.7. The van der Waals surface area contributed by atoms with Crippen molar-refractivity contribution in [3.63, 3.8) is 0 Å². The monoisotopic (exact) mass is 464 g/mol. The molecular weight excluding hydrogens is 447 g/mol. The number of carbonyl (C=O) groups excluding carboxylic acids is 1. The summed E-state index contributed by atoms with van der Waals surface area (Å²) in [5, 5.41) is 31.1. The topological polar surface area (TPSA) is 153 Å². The average molecular weight is 464 g/mol. The molecule has 2 unspecified atom stereocenters. The molecule has 2 atom stereocenters. The lowest BCUT2D eigenvalue weighted by atomic mass is 10.1. The second-order valence-electron chi connectivity index (χ2n) is 5.13. The van der Waals surface area contributed by atoms with E-state index < -0.39 is 42.4 Å². The highest BCUT2D eigenvalue weighted by molar-refractivity contribution is 14.1. The zero-order chi connectivity index (χ0) is 19.0. The number of rotatable bonds is 9. The van der Waals surface area contributed by atoms with Crippen LogP contribution in [0.15, 0.2) is 24.3 Å². The highest BCUT2D eigenvalue weighted by atomic mass is 127. The van der Waals surface area contributed by atoms with Crippen LogP contribution < -0.4 is 10.6 Å². The summed E-state index contributed by atoms with van der Waals surface area (Å²) in [5.41, 5.74) is 0.719. The van der Waals surface area contributed by atoms with Gasteiger partial charge in [-0.15, -0.1) is 0 Å². The fourth-order valence-corrected chi connectivity index (χ4v) is 2.57. The van der Waals surface area contributed by atoms with Crippen LogP contribution in [0.4, 0.5) is 4.79 Å². The van der Waals surface area contributed by atoms with Crippen molar-refractivity contribution in [1.29, 1.82) is 0 Å². The number of hydrogen-bond acceptors (Lipinski definition) is 4. The van der Waals surface area contributed by atoms with Crippen molar-refractivity contribution < 1.29 is 34.5 Å². The number of benzene rings is 1. The Labute approximate surface area is 156 Å². The first-order valence-corrected chi connectivity index (χ1v) is 8.26. The van der Waals surface area contributed by atoms with Gasteiger partial charge in [-0.3, -0.25) is 4.79 Å². The van der Waals surface area contributed by atoms with Gasteiger partial charge in [-0.25, -0.2) is 14.4 Å². The molecule has 0 spiro atoms. The zero-order valence-corrected chi connectivity index (χ0v) is 15.1. The Kier molecular flexibility index (Phi) is 8.11. The Morgan fingerprint density at radius 3 is 2.04 bits per heavy atom. The standard InChI is InChI=1S/C15H17IN2O7/c16-9-4-2-1-3-8(9)7-11(14(23)24)18-15(25)17-10(13(21)22)5-6-12(19)20/h1-4,10-11H,5-7H2,(H,19,20)(H,21,22)(H,23,24)(H2,17,18,25). The molecule has 10 heteroatoms. The number of hydrogen-bond donors (Lipinski definition) is 5. The van der Waals surface area contributed by atoms with Gasteiger partial charge in [0.15, 0.2) is 0 Å². The summed E-state index contributed by atoms with van der Waals surface area (Å²) < 4.78 is 0.832. The van der Waals surface area contributed by atoms with Crippen LogP contribution in [0.5, 0.6) is 0 Å². The van der Waals surface area contributed by atoms with Gasteiger partial charge in [-0.1, -0.05) is 18.2 Å². The number of aliphatic carboxylic acids is 3. The molecule has 0 fully saturated rings. The fraction of sp³-hybridized carbons (Fsp3) is 0.333. The quantitative estimate of drug-likeness (QED) is 0.341. The Morgan fingerprint density at radius 1 is 0.960 bits per heavy atom. The number of nitrogens with one attached hydrogen (secondary N) is 2. The van der Waals surface area contributed by atoms with Crippen LogP contribution in [-0.4, -0.2) is 51.3 Å². The van der Waals surface area contributed by atoms with Crippen LogP contribution in [0.3, 0.4) is 0 Å². The second-order valence-corrected chi connectivity index (χ2v) is 6.29. The predicted molar refractivity (Wildman–Crippen MR) is 94.2 cm³/mol. The number of carboxylic acid groups (broad SMARTS) is 3. The van der Waals surface area contributed by atoms with Crippen molar-refractivity contribution in [2.24, 2.45) is 0 Å². The molecule has 5 N–H and O–H groups in total. The molecule has 0 aliphatic heterocycles. The lowest BCUT2D eigenvalue weighted by Crippen LogP contribution is -2.51. The van der Waals surface area contributed by atoms with E-state index in [4.69, 9.17) is 10.2 Å². The SMILES string of the molecule is O=C(O)CCC(NC(=O)NC(Cc1ccccc1I)C(=O)O)C(=O)O. The van der Waals surface area contributed by atoms with Crippen molar-refractivity contribution in [3.8, 4) is 0 Å². The van der Waals surface area contributed by atoms with Gasteiger partial charge in [0.1, 0.15) is 12.1 Å². The van der Waals surface area contributed by atoms with Crippen LogP contribution in [0.25, 0.3) is 0 Å². The molecule has 136 valence electrons. The van der Waals surface area contributed by atoms with E-state index in [0.29, 0.717) is 0 Å². The normalized spacial score (nSPS) is 12.7. The Balaban J connectivity index is 2.72. The van der Waals surface area contributed by atoms with Crippen molar-refractivity contribution in [2.45, 2.75) is 31.3 Å². The van der Waals surface area contributed by atoms with Crippen molar-refractivity contribution in [1.82, 2.24) is 10.6 Å². The Hall–Kier alpha value is -2.37. The van der Waals surface area contributed by atoms with Gasteiger partial charge in [0, 0.05) is 16.4 Å². The molecular formula is C15H17IN2O7. The molecule has 1 rings (SSSR count). The second kappa shape index (κ2) is 9.81. The van der Waals surface area contributed by atoms with Crippen LogP contribution in [-0.2, 0) is 20.8 Å². The van der Waals surface area contributed by atoms with Gasteiger partial charge >= 0.3 is 23.9 Å². The fourth-order valence-electron chi connectivity index (χ4n) is 1.97. The van der Waals surface area contributed by atoms with Gasteiger partial charge in [0.05, 0.1) is 0 Å². The van der Waals surface area contributed by atoms with Crippen molar-refractivity contribution in [3.05, 3.63) is 33.4 Å². The molecule has 0 saturated carbocycles. The van der Waals surface area contributed by atoms with Crippen LogP contribution in [0.2, 0.25) is 0 Å². The summed E-state index contributed by atoms with van der Waals surface area (Å²) in [4.78, 5) is 44.8. The third kappa shape index (κ3) is 7.37. The van der Waals surface area contributed by atoms with Gasteiger partial charge in [0.2, 0.25) is 0 Å². The van der Waals surface area contributed by atoms with Gasteiger partial charge in [-0.2, -0.15) is 0 Å². The molecule has 1 aromatic rings. The third-order valence-corrected chi connectivity index (χ3v) is 4.29. The van der Waals surface area contributed by atoms with E-state index in [2.05, 4.69) is 10.6 Å². The van der Waals surface area contributed by atoms with Crippen LogP contribution >= 0.6 is 22.6 Å². The predicted octanol–water partition coefficient (Wildman–Crippen LogP) is 0.904. The molecule has 0 aliphatic rings. The molecule has 0 aromatic heterocycles. The summed E-state index contributed by atoms with van der Waals surface area (Å²) in [6.45, 7) is 0. The van der Waals surface area contributed by atoms with Gasteiger partial charge in [-0.05, 0) is 40.6 Å². The molecule has 1 aromatic carbocycles. The lowest BCUT2D eigenvalue weighted by molar-refractivity contribution is -0.140. The smallest absolute Gasteiger partial charge is 0.326 e. The summed E-state index contributed by atoms with van der Waals surface area (Å²) in [6.07, 6.45) is -0.733. The number of carboxylic acids is 3. The molecule has 0 radical (unpaired) electrons. The average Bonchev–Trinajstić information content (AvgIpc) is 2.52. The summed E-state index contributed by atoms with van der Waals surface area (Å²) >= 11 is 2.04. The van der Waals surface area contributed by atoms with E-state index in [1.165, 1.54) is 0 Å². The summed E-state index contributed by atoms with van der Waals surface area (Å²) in [6, 6.07) is 3.37. The minimum atomic E-state index is -1.43. The van der Waals surface area contributed by atoms with E-state index in [1.54, 1.807) is 24.3 Å². The molecule has 0 saturated heterocycles. The van der Waals surface area contributed by atoms with E-state index in [1.807, 2.05) is 22.6 Å². The Bertz CT molecular complexity index is 665. The highest BCUT2D eigenvalue weighted by Crippen LogP contribution is 2.13. The van der Waals surface area contributed by atoms with E-state index >= 15 is 0 Å². The number of urea groups is 1. The largest absolute Gasteiger partial charge is 0.481 e. The van der Waals surface area contributed by atoms with E-state index in [0.717, 1.165) is 9.13 Å². The van der Waals surface area contributed by atoms with Gasteiger partial charge < -0.3 is 26.0 Å². The van der Waals surface area contributed by atoms with E-state index in [-0.39, 0.29) is 12.8 Å². The van der Waals surface area contributed by atoms with Crippen molar-refractivity contribution >= 4 is 46.5 Å². The molecule has 25 heavy (non-hydrogen) atoms. The summed E-state index contributed by atoms with van der Waals surface area (Å²) in [7, 11) is 0. The first-order chi connectivity index (χ1) is 11.7.